The summed E-state index contributed by atoms with van der Waals surface area (Å²) in [5.74, 6) is -0.0725. The van der Waals surface area contributed by atoms with Gasteiger partial charge in [0.05, 0.1) is 25.4 Å². The average molecular weight is 997 g/mol. The summed E-state index contributed by atoms with van der Waals surface area (Å²) in [5.41, 5.74) is 0. The van der Waals surface area contributed by atoms with E-state index in [0.29, 0.717) is 25.9 Å². The number of allylic oxidation sites excluding steroid dienone is 8. The van der Waals surface area contributed by atoms with Crippen LogP contribution in [0.2, 0.25) is 0 Å². The lowest BCUT2D eigenvalue weighted by molar-refractivity contribution is -0.143. The summed E-state index contributed by atoms with van der Waals surface area (Å²) in [6, 6.07) is -0.556. The SMILES string of the molecule is CCCCC/C=C\C/C=C\CCCCCCCCCC(=O)OCCCCC/C=C\C/C=C\CCCCCCCCCC(=O)NC(CO)C(O)CCCCCCCCCCCCCCCCCCCCCC. The summed E-state index contributed by atoms with van der Waals surface area (Å²) in [4.78, 5) is 24.6. The molecule has 0 heterocycles. The Morgan fingerprint density at radius 2 is 0.704 bits per heavy atom. The van der Waals surface area contributed by atoms with E-state index in [9.17, 15) is 19.8 Å². The Bertz CT molecular complexity index is 1190. The van der Waals surface area contributed by atoms with Crippen molar-refractivity contribution in [3.05, 3.63) is 48.6 Å². The van der Waals surface area contributed by atoms with Crippen LogP contribution in [0.15, 0.2) is 48.6 Å². The second kappa shape index (κ2) is 60.4. The number of unbranched alkanes of at least 4 members (excludes halogenated alkanes) is 39. The fourth-order valence-electron chi connectivity index (χ4n) is 9.52. The fourth-order valence-corrected chi connectivity index (χ4v) is 9.52. The third-order valence-electron chi connectivity index (χ3n) is 14.4. The fraction of sp³-hybridized carbons (Fsp3) is 0.846. The Kier molecular flexibility index (Phi) is 58.5. The molecule has 0 aliphatic carbocycles. The molecule has 2 atom stereocenters. The highest BCUT2D eigenvalue weighted by Gasteiger charge is 2.20. The number of esters is 1. The quantitative estimate of drug-likeness (QED) is 0.0321. The van der Waals surface area contributed by atoms with Crippen LogP contribution in [0.1, 0.15) is 328 Å². The van der Waals surface area contributed by atoms with Crippen molar-refractivity contribution in [2.24, 2.45) is 0 Å². The Labute approximate surface area is 442 Å². The van der Waals surface area contributed by atoms with Gasteiger partial charge in [0.15, 0.2) is 0 Å². The predicted molar refractivity (Wildman–Crippen MR) is 310 cm³/mol. The molecule has 416 valence electrons. The maximum atomic E-state index is 12.5. The second-order valence-corrected chi connectivity index (χ2v) is 21.4. The molecule has 0 saturated carbocycles. The first-order valence-electron chi connectivity index (χ1n) is 31.4. The van der Waals surface area contributed by atoms with E-state index in [1.165, 1.54) is 205 Å². The van der Waals surface area contributed by atoms with E-state index in [-0.39, 0.29) is 18.5 Å². The Morgan fingerprint density at radius 1 is 0.394 bits per heavy atom. The lowest BCUT2D eigenvalue weighted by Crippen LogP contribution is -2.45. The monoisotopic (exact) mass is 996 g/mol. The topological polar surface area (TPSA) is 95.9 Å². The van der Waals surface area contributed by atoms with Crippen LogP contribution in [-0.2, 0) is 14.3 Å². The van der Waals surface area contributed by atoms with E-state index in [1.54, 1.807) is 0 Å². The molecular weight excluding hydrogens is 875 g/mol. The van der Waals surface area contributed by atoms with Gasteiger partial charge in [-0.2, -0.15) is 0 Å². The number of nitrogens with one attached hydrogen (secondary N) is 1. The zero-order valence-electron chi connectivity index (χ0n) is 47.5. The molecule has 0 radical (unpaired) electrons. The lowest BCUT2D eigenvalue weighted by Gasteiger charge is -2.22. The molecule has 2 unspecified atom stereocenters. The normalized spacial score (nSPS) is 12.9. The smallest absolute Gasteiger partial charge is 0.305 e. The van der Waals surface area contributed by atoms with E-state index in [4.69, 9.17) is 4.74 Å². The van der Waals surface area contributed by atoms with Gasteiger partial charge in [-0.05, 0) is 96.3 Å². The summed E-state index contributed by atoms with van der Waals surface area (Å²) in [5, 5.41) is 23.3. The van der Waals surface area contributed by atoms with E-state index in [1.807, 2.05) is 0 Å². The average Bonchev–Trinajstić information content (AvgIpc) is 3.37. The molecule has 6 nitrogen and oxygen atoms in total. The van der Waals surface area contributed by atoms with Gasteiger partial charge in [-0.3, -0.25) is 9.59 Å². The zero-order chi connectivity index (χ0) is 51.4. The van der Waals surface area contributed by atoms with E-state index >= 15 is 0 Å². The van der Waals surface area contributed by atoms with E-state index in [0.717, 1.165) is 89.9 Å². The number of aliphatic hydroxyl groups excluding tert-OH is 2. The number of hydrogen-bond donors (Lipinski definition) is 3. The molecule has 3 N–H and O–H groups in total. The van der Waals surface area contributed by atoms with E-state index < -0.39 is 12.1 Å². The van der Waals surface area contributed by atoms with Gasteiger partial charge in [-0.1, -0.05) is 268 Å². The van der Waals surface area contributed by atoms with Crippen LogP contribution in [0, 0.1) is 0 Å². The molecule has 0 aliphatic heterocycles. The minimum Gasteiger partial charge on any atom is -0.466 e. The summed E-state index contributed by atoms with van der Waals surface area (Å²) < 4.78 is 5.46. The van der Waals surface area contributed by atoms with Crippen molar-refractivity contribution in [1.29, 1.82) is 0 Å². The predicted octanol–water partition coefficient (Wildman–Crippen LogP) is 19.7. The highest BCUT2D eigenvalue weighted by Crippen LogP contribution is 2.17. The standard InChI is InChI=1S/C65H121NO5/c1-3-5-7-9-11-13-15-17-19-21-22-23-26-29-33-37-41-45-49-53-57-63(68)62(61-67)66-64(69)58-54-50-46-42-38-34-30-27-24-28-32-36-40-44-48-52-56-60-71-65(70)59-55-51-47-43-39-35-31-25-20-18-16-14-12-10-8-6-4-2/h12,14,18,20,24,28,36,40,62-63,67-68H,3-11,13,15-17,19,21-23,25-27,29-35,37-39,41-61H2,1-2H3,(H,66,69)/b14-12-,20-18-,28-24-,40-36-. The molecule has 1 amide bonds. The Hall–Kier alpha value is -2.18. The lowest BCUT2D eigenvalue weighted by atomic mass is 10.0. The second-order valence-electron chi connectivity index (χ2n) is 21.4. The van der Waals surface area contributed by atoms with Crippen LogP contribution in [0.25, 0.3) is 0 Å². The van der Waals surface area contributed by atoms with Crippen LogP contribution < -0.4 is 5.32 Å². The minimum absolute atomic E-state index is 0.0231. The summed E-state index contributed by atoms with van der Waals surface area (Å²) in [7, 11) is 0. The van der Waals surface area contributed by atoms with Crippen LogP contribution in [0.3, 0.4) is 0 Å². The number of hydrogen-bond acceptors (Lipinski definition) is 5. The van der Waals surface area contributed by atoms with Crippen molar-refractivity contribution >= 4 is 11.9 Å². The molecule has 0 aromatic carbocycles. The molecule has 0 fully saturated rings. The van der Waals surface area contributed by atoms with Gasteiger partial charge < -0.3 is 20.3 Å². The Balaban J connectivity index is 3.50. The number of carbonyl (C=O) groups excluding carboxylic acids is 2. The van der Waals surface area contributed by atoms with Gasteiger partial charge in [0.25, 0.3) is 0 Å². The molecule has 0 aromatic heterocycles. The van der Waals surface area contributed by atoms with Crippen molar-refractivity contribution in [3.63, 3.8) is 0 Å². The van der Waals surface area contributed by atoms with Crippen LogP contribution in [0.5, 0.6) is 0 Å². The van der Waals surface area contributed by atoms with Crippen LogP contribution in [0.4, 0.5) is 0 Å². The number of aliphatic hydroxyl groups is 2. The van der Waals surface area contributed by atoms with Gasteiger partial charge in [-0.15, -0.1) is 0 Å². The molecule has 6 heteroatoms. The molecule has 71 heavy (non-hydrogen) atoms. The number of amides is 1. The van der Waals surface area contributed by atoms with E-state index in [2.05, 4.69) is 67.8 Å². The zero-order valence-corrected chi connectivity index (χ0v) is 47.5. The maximum absolute atomic E-state index is 12.5. The van der Waals surface area contributed by atoms with Crippen molar-refractivity contribution in [1.82, 2.24) is 5.32 Å². The molecule has 0 rings (SSSR count). The summed E-state index contributed by atoms with van der Waals surface area (Å²) >= 11 is 0. The first kappa shape index (κ1) is 68.8. The van der Waals surface area contributed by atoms with Gasteiger partial charge in [-0.25, -0.2) is 0 Å². The largest absolute Gasteiger partial charge is 0.466 e. The number of carbonyl (C=O) groups is 2. The Morgan fingerprint density at radius 3 is 1.10 bits per heavy atom. The van der Waals surface area contributed by atoms with Gasteiger partial charge in [0.2, 0.25) is 5.91 Å². The third-order valence-corrected chi connectivity index (χ3v) is 14.4. The summed E-state index contributed by atoms with van der Waals surface area (Å²) in [6.45, 7) is 4.90. The maximum Gasteiger partial charge on any atom is 0.305 e. The van der Waals surface area contributed by atoms with Gasteiger partial charge >= 0.3 is 5.97 Å². The molecule has 0 aliphatic rings. The third kappa shape index (κ3) is 57.0. The molecule has 0 aromatic rings. The molecule has 0 spiro atoms. The number of ether oxygens (including phenoxy) is 1. The van der Waals surface area contributed by atoms with Crippen molar-refractivity contribution in [3.8, 4) is 0 Å². The summed E-state index contributed by atoms with van der Waals surface area (Å²) in [6.07, 6.45) is 76.8. The first-order chi connectivity index (χ1) is 35.0. The molecular formula is C65H121NO5. The van der Waals surface area contributed by atoms with Gasteiger partial charge in [0.1, 0.15) is 0 Å². The van der Waals surface area contributed by atoms with Crippen LogP contribution in [-0.4, -0.2) is 47.4 Å². The molecule has 0 saturated heterocycles. The van der Waals surface area contributed by atoms with Crippen molar-refractivity contribution in [2.75, 3.05) is 13.2 Å². The number of rotatable bonds is 58. The first-order valence-corrected chi connectivity index (χ1v) is 31.4. The minimum atomic E-state index is -0.677. The van der Waals surface area contributed by atoms with Crippen LogP contribution >= 0.6 is 0 Å². The van der Waals surface area contributed by atoms with Crippen molar-refractivity contribution in [2.45, 2.75) is 341 Å². The highest BCUT2D eigenvalue weighted by atomic mass is 16.5. The highest BCUT2D eigenvalue weighted by molar-refractivity contribution is 5.76. The van der Waals surface area contributed by atoms with Gasteiger partial charge in [0, 0.05) is 12.8 Å². The molecule has 0 bridgehead atoms. The van der Waals surface area contributed by atoms with Crippen molar-refractivity contribution < 1.29 is 24.5 Å².